The van der Waals surface area contributed by atoms with Gasteiger partial charge in [-0.1, -0.05) is 34.1 Å². The summed E-state index contributed by atoms with van der Waals surface area (Å²) < 4.78 is 0. The highest BCUT2D eigenvalue weighted by Gasteiger charge is 2.10. The summed E-state index contributed by atoms with van der Waals surface area (Å²) in [6.07, 6.45) is 9.01. The van der Waals surface area contributed by atoms with Crippen molar-refractivity contribution in [3.8, 4) is 0 Å². The fraction of sp³-hybridized carbons (Fsp3) is 0.438. The molecule has 7 heteroatoms. The third-order valence-electron chi connectivity index (χ3n) is 3.33. The summed E-state index contributed by atoms with van der Waals surface area (Å²) in [7, 11) is 3.66. The van der Waals surface area contributed by atoms with E-state index in [2.05, 4.69) is 27.1 Å². The zero-order chi connectivity index (χ0) is 16.3. The van der Waals surface area contributed by atoms with E-state index in [0.717, 1.165) is 19.3 Å². The molecule has 0 saturated carbocycles. The van der Waals surface area contributed by atoms with Gasteiger partial charge in [0.05, 0.1) is 5.56 Å². The van der Waals surface area contributed by atoms with Gasteiger partial charge in [0.2, 0.25) is 5.91 Å². The van der Waals surface area contributed by atoms with Gasteiger partial charge in [-0.25, -0.2) is 0 Å². The van der Waals surface area contributed by atoms with Crippen LogP contribution in [0.3, 0.4) is 0 Å². The van der Waals surface area contributed by atoms with Gasteiger partial charge in [-0.2, -0.15) is 0 Å². The highest BCUT2D eigenvalue weighted by molar-refractivity contribution is 8.78. The van der Waals surface area contributed by atoms with Crippen LogP contribution in [0.25, 0.3) is 0 Å². The summed E-state index contributed by atoms with van der Waals surface area (Å²) in [5.41, 5.74) is 0.524. The number of hydrogen-bond acceptors (Lipinski definition) is 5. The Kier molecular flexibility index (Phi) is 8.03. The van der Waals surface area contributed by atoms with Crippen LogP contribution in [-0.2, 0) is 4.79 Å². The molecule has 23 heavy (non-hydrogen) atoms. The summed E-state index contributed by atoms with van der Waals surface area (Å²) in [6.45, 7) is 0.864. The van der Waals surface area contributed by atoms with Crippen molar-refractivity contribution in [1.82, 2.24) is 15.6 Å². The monoisotopic (exact) mass is 351 g/mol. The molecule has 2 heterocycles. The van der Waals surface area contributed by atoms with Crippen molar-refractivity contribution in [2.75, 3.05) is 13.1 Å². The fourth-order valence-corrected chi connectivity index (χ4v) is 4.36. The second kappa shape index (κ2) is 10.3. The SMILES string of the molecule is O=C(CCCCC1C=CSS1)NCCNC(=O)c1cccnc1. The molecule has 2 amide bonds. The maximum Gasteiger partial charge on any atom is 0.252 e. The zero-order valence-corrected chi connectivity index (χ0v) is 14.5. The smallest absolute Gasteiger partial charge is 0.252 e. The lowest BCUT2D eigenvalue weighted by atomic mass is 10.1. The van der Waals surface area contributed by atoms with Gasteiger partial charge in [0.15, 0.2) is 0 Å². The predicted molar refractivity (Wildman–Crippen MR) is 96.2 cm³/mol. The summed E-state index contributed by atoms with van der Waals surface area (Å²) in [4.78, 5) is 27.3. The predicted octanol–water partition coefficient (Wildman–Crippen LogP) is 2.77. The Morgan fingerprint density at radius 3 is 2.83 bits per heavy atom. The van der Waals surface area contributed by atoms with Gasteiger partial charge >= 0.3 is 0 Å². The number of nitrogens with one attached hydrogen (secondary N) is 2. The number of aromatic nitrogens is 1. The number of pyridine rings is 1. The van der Waals surface area contributed by atoms with Crippen LogP contribution >= 0.6 is 21.6 Å². The topological polar surface area (TPSA) is 71.1 Å². The van der Waals surface area contributed by atoms with Gasteiger partial charge in [-0.05, 0) is 30.4 Å². The summed E-state index contributed by atoms with van der Waals surface area (Å²) >= 11 is 0. The number of hydrogen-bond donors (Lipinski definition) is 2. The standard InChI is InChI=1S/C16H21N3O2S2/c20-15(6-2-1-5-14-7-11-22-23-14)18-9-10-19-16(21)13-4-3-8-17-12-13/h3-4,7-8,11-12,14H,1-2,5-6,9-10H2,(H,18,20)(H,19,21). The van der Waals surface area contributed by atoms with Gasteiger partial charge < -0.3 is 10.6 Å². The molecule has 0 saturated heterocycles. The Bertz CT molecular complexity index is 537. The van der Waals surface area contributed by atoms with E-state index in [0.29, 0.717) is 30.3 Å². The molecule has 1 aliphatic heterocycles. The maximum atomic E-state index is 11.8. The molecule has 2 rings (SSSR count). The third kappa shape index (κ3) is 7.09. The maximum absolute atomic E-state index is 11.8. The Hall–Kier alpha value is -1.47. The highest BCUT2D eigenvalue weighted by atomic mass is 33.1. The molecule has 0 aromatic carbocycles. The number of amides is 2. The molecule has 2 N–H and O–H groups in total. The number of carbonyl (C=O) groups is 2. The first-order valence-electron chi connectivity index (χ1n) is 7.69. The summed E-state index contributed by atoms with van der Waals surface area (Å²) in [5, 5.41) is 8.31. The van der Waals surface area contributed by atoms with Crippen LogP contribution in [0.15, 0.2) is 36.0 Å². The van der Waals surface area contributed by atoms with Crippen molar-refractivity contribution < 1.29 is 9.59 Å². The molecular formula is C16H21N3O2S2. The van der Waals surface area contributed by atoms with Crippen LogP contribution in [0.1, 0.15) is 36.0 Å². The lowest BCUT2D eigenvalue weighted by Crippen LogP contribution is -2.34. The van der Waals surface area contributed by atoms with E-state index < -0.39 is 0 Å². The Balaban J connectivity index is 1.48. The molecule has 0 aliphatic carbocycles. The average molecular weight is 351 g/mol. The second-order valence-corrected chi connectivity index (χ2v) is 7.57. The number of unbranched alkanes of at least 4 members (excludes halogenated alkanes) is 1. The van der Waals surface area contributed by atoms with Gasteiger partial charge in [0, 0.05) is 37.2 Å². The van der Waals surface area contributed by atoms with Gasteiger partial charge in [-0.15, -0.1) is 0 Å². The Morgan fingerprint density at radius 1 is 1.22 bits per heavy atom. The number of nitrogens with zero attached hydrogens (tertiary/aromatic N) is 1. The van der Waals surface area contributed by atoms with Crippen LogP contribution in [0, 0.1) is 0 Å². The highest BCUT2D eigenvalue weighted by Crippen LogP contribution is 2.37. The van der Waals surface area contributed by atoms with Crippen molar-refractivity contribution in [1.29, 1.82) is 0 Å². The molecule has 1 aromatic heterocycles. The average Bonchev–Trinajstić information content (AvgIpc) is 3.09. The third-order valence-corrected chi connectivity index (χ3v) is 5.75. The quantitative estimate of drug-likeness (QED) is 0.529. The summed E-state index contributed by atoms with van der Waals surface area (Å²) in [6, 6.07) is 3.42. The van der Waals surface area contributed by atoms with E-state index in [1.807, 2.05) is 10.8 Å². The normalized spacial score (nSPS) is 16.3. The first-order chi connectivity index (χ1) is 11.3. The van der Waals surface area contributed by atoms with E-state index in [9.17, 15) is 9.59 Å². The van der Waals surface area contributed by atoms with Gasteiger partial charge in [0.1, 0.15) is 0 Å². The lowest BCUT2D eigenvalue weighted by Gasteiger charge is -2.08. The van der Waals surface area contributed by atoms with E-state index in [1.54, 1.807) is 29.1 Å². The zero-order valence-electron chi connectivity index (χ0n) is 12.9. The largest absolute Gasteiger partial charge is 0.354 e. The first kappa shape index (κ1) is 17.9. The molecule has 1 atom stereocenters. The van der Waals surface area contributed by atoms with Crippen LogP contribution in [-0.4, -0.2) is 35.1 Å². The lowest BCUT2D eigenvalue weighted by molar-refractivity contribution is -0.121. The molecule has 0 bridgehead atoms. The van der Waals surface area contributed by atoms with Crippen molar-refractivity contribution in [2.45, 2.75) is 30.9 Å². The number of carbonyl (C=O) groups excluding carboxylic acids is 2. The van der Waals surface area contributed by atoms with Crippen molar-refractivity contribution in [3.63, 3.8) is 0 Å². The molecule has 5 nitrogen and oxygen atoms in total. The first-order valence-corrected chi connectivity index (χ1v) is 9.97. The second-order valence-electron chi connectivity index (χ2n) is 5.15. The molecule has 1 unspecified atom stereocenters. The van der Waals surface area contributed by atoms with Crippen molar-refractivity contribution in [2.24, 2.45) is 0 Å². The van der Waals surface area contributed by atoms with E-state index in [1.165, 1.54) is 6.20 Å². The molecule has 1 aliphatic rings. The minimum atomic E-state index is -0.174. The van der Waals surface area contributed by atoms with Gasteiger partial charge in [-0.3, -0.25) is 14.6 Å². The molecule has 0 fully saturated rings. The van der Waals surface area contributed by atoms with Crippen LogP contribution < -0.4 is 10.6 Å². The molecule has 0 radical (unpaired) electrons. The molecule has 1 aromatic rings. The Labute approximate surface area is 144 Å². The minimum absolute atomic E-state index is 0.0459. The van der Waals surface area contributed by atoms with E-state index >= 15 is 0 Å². The minimum Gasteiger partial charge on any atom is -0.354 e. The van der Waals surface area contributed by atoms with E-state index in [4.69, 9.17) is 0 Å². The van der Waals surface area contributed by atoms with Crippen LogP contribution in [0.5, 0.6) is 0 Å². The van der Waals surface area contributed by atoms with Gasteiger partial charge in [0.25, 0.3) is 5.91 Å². The van der Waals surface area contributed by atoms with E-state index in [-0.39, 0.29) is 11.8 Å². The number of rotatable bonds is 9. The fourth-order valence-electron chi connectivity index (χ4n) is 2.10. The van der Waals surface area contributed by atoms with Crippen molar-refractivity contribution >= 4 is 33.4 Å². The molecule has 0 spiro atoms. The molecule has 124 valence electrons. The Morgan fingerprint density at radius 2 is 2.09 bits per heavy atom. The van der Waals surface area contributed by atoms with Crippen LogP contribution in [0.4, 0.5) is 0 Å². The molecular weight excluding hydrogens is 330 g/mol. The van der Waals surface area contributed by atoms with Crippen molar-refractivity contribution in [3.05, 3.63) is 41.6 Å². The van der Waals surface area contributed by atoms with Crippen LogP contribution in [0.2, 0.25) is 0 Å². The summed E-state index contributed by atoms with van der Waals surface area (Å²) in [5.74, 6) is -0.128.